The maximum Gasteiger partial charge on any atom is 0.341 e. The minimum absolute atomic E-state index is 0.0410. The molecule has 0 fully saturated rings. The molecule has 0 aliphatic carbocycles. The zero-order valence-electron chi connectivity index (χ0n) is 13.9. The van der Waals surface area contributed by atoms with Gasteiger partial charge < -0.3 is 9.30 Å². The molecular formula is C16H19FN2O4S. The molecule has 1 aromatic carbocycles. The Morgan fingerprint density at radius 3 is 2.46 bits per heavy atom. The van der Waals surface area contributed by atoms with E-state index in [2.05, 4.69) is 4.72 Å². The van der Waals surface area contributed by atoms with Crippen molar-refractivity contribution in [3.05, 3.63) is 47.0 Å². The Hall–Kier alpha value is -2.35. The average molecular weight is 354 g/mol. The van der Waals surface area contributed by atoms with Crippen molar-refractivity contribution in [3.8, 4) is 0 Å². The lowest BCUT2D eigenvalue weighted by Crippen LogP contribution is -2.18. The molecule has 0 aliphatic rings. The standard InChI is InChI=1S/C16H19FN2O4S/c1-5-23-16(20)14-10(2)19(4)11(3)15(14)24(21,22)18-13-9-7-6-8-12(13)17/h6-9,18H,5H2,1-4H3. The first-order valence-corrected chi connectivity index (χ1v) is 8.79. The van der Waals surface area contributed by atoms with Crippen LogP contribution in [-0.2, 0) is 21.8 Å². The Morgan fingerprint density at radius 2 is 1.88 bits per heavy atom. The van der Waals surface area contributed by atoms with Gasteiger partial charge in [-0.3, -0.25) is 4.72 Å². The topological polar surface area (TPSA) is 77.4 Å². The predicted molar refractivity (Wildman–Crippen MR) is 88.1 cm³/mol. The molecule has 1 aromatic heterocycles. The molecular weight excluding hydrogens is 335 g/mol. The van der Waals surface area contributed by atoms with Gasteiger partial charge in [0.15, 0.2) is 0 Å². The van der Waals surface area contributed by atoms with Gasteiger partial charge in [0.25, 0.3) is 10.0 Å². The van der Waals surface area contributed by atoms with Gasteiger partial charge in [-0.05, 0) is 32.9 Å². The molecule has 2 rings (SSSR count). The van der Waals surface area contributed by atoms with E-state index < -0.39 is 21.8 Å². The first-order valence-electron chi connectivity index (χ1n) is 7.31. The highest BCUT2D eigenvalue weighted by atomic mass is 32.2. The minimum atomic E-state index is -4.17. The van der Waals surface area contributed by atoms with Gasteiger partial charge in [0.2, 0.25) is 0 Å². The number of hydrogen-bond acceptors (Lipinski definition) is 4. The lowest BCUT2D eigenvalue weighted by atomic mass is 10.2. The van der Waals surface area contributed by atoms with Crippen molar-refractivity contribution in [3.63, 3.8) is 0 Å². The van der Waals surface area contributed by atoms with Crippen LogP contribution in [0.5, 0.6) is 0 Å². The van der Waals surface area contributed by atoms with Crippen molar-refractivity contribution in [2.75, 3.05) is 11.3 Å². The zero-order valence-corrected chi connectivity index (χ0v) is 14.7. The van der Waals surface area contributed by atoms with Crippen LogP contribution in [0, 0.1) is 19.7 Å². The Morgan fingerprint density at radius 1 is 1.25 bits per heavy atom. The first kappa shape index (κ1) is 18.0. The van der Waals surface area contributed by atoms with Gasteiger partial charge in [0, 0.05) is 18.4 Å². The van der Waals surface area contributed by atoms with Gasteiger partial charge in [-0.25, -0.2) is 17.6 Å². The van der Waals surface area contributed by atoms with Crippen LogP contribution in [0.4, 0.5) is 10.1 Å². The van der Waals surface area contributed by atoms with Gasteiger partial charge in [-0.15, -0.1) is 0 Å². The summed E-state index contributed by atoms with van der Waals surface area (Å²) in [4.78, 5) is 12.0. The monoisotopic (exact) mass is 354 g/mol. The highest BCUT2D eigenvalue weighted by Crippen LogP contribution is 2.29. The molecule has 6 nitrogen and oxygen atoms in total. The quantitative estimate of drug-likeness (QED) is 0.838. The van der Waals surface area contributed by atoms with E-state index in [0.29, 0.717) is 11.4 Å². The van der Waals surface area contributed by atoms with E-state index in [0.717, 1.165) is 6.07 Å². The number of halogens is 1. The lowest BCUT2D eigenvalue weighted by Gasteiger charge is -2.11. The molecule has 1 heterocycles. The third-order valence-corrected chi connectivity index (χ3v) is 5.32. The number of sulfonamides is 1. The largest absolute Gasteiger partial charge is 0.462 e. The molecule has 0 bridgehead atoms. The molecule has 0 radical (unpaired) electrons. The van der Waals surface area contributed by atoms with Crippen molar-refractivity contribution >= 4 is 21.7 Å². The number of hydrogen-bond donors (Lipinski definition) is 1. The summed E-state index contributed by atoms with van der Waals surface area (Å²) in [5.41, 5.74) is 0.591. The van der Waals surface area contributed by atoms with Crippen molar-refractivity contribution in [2.24, 2.45) is 7.05 Å². The number of carbonyl (C=O) groups excluding carboxylic acids is 1. The number of nitrogens with one attached hydrogen (secondary N) is 1. The second-order valence-corrected chi connectivity index (χ2v) is 6.86. The van der Waals surface area contributed by atoms with Crippen molar-refractivity contribution in [1.82, 2.24) is 4.57 Å². The van der Waals surface area contributed by atoms with E-state index in [1.54, 1.807) is 32.4 Å². The second kappa shape index (κ2) is 6.64. The maximum absolute atomic E-state index is 13.8. The summed E-state index contributed by atoms with van der Waals surface area (Å²) in [7, 11) is -2.53. The Balaban J connectivity index is 2.60. The van der Waals surface area contributed by atoms with Gasteiger partial charge >= 0.3 is 5.97 Å². The normalized spacial score (nSPS) is 11.4. The summed E-state index contributed by atoms with van der Waals surface area (Å²) < 4.78 is 48.1. The minimum Gasteiger partial charge on any atom is -0.462 e. The Labute approximate surface area is 140 Å². The van der Waals surface area contributed by atoms with Crippen LogP contribution < -0.4 is 4.72 Å². The van der Waals surface area contributed by atoms with E-state index >= 15 is 0 Å². The van der Waals surface area contributed by atoms with Crippen LogP contribution >= 0.6 is 0 Å². The first-order chi connectivity index (χ1) is 11.2. The number of ether oxygens (including phenoxy) is 1. The zero-order chi connectivity index (χ0) is 18.1. The van der Waals surface area contributed by atoms with E-state index in [4.69, 9.17) is 4.74 Å². The van der Waals surface area contributed by atoms with E-state index in [1.807, 2.05) is 0 Å². The molecule has 24 heavy (non-hydrogen) atoms. The van der Waals surface area contributed by atoms with E-state index in [9.17, 15) is 17.6 Å². The fraction of sp³-hybridized carbons (Fsp3) is 0.312. The van der Waals surface area contributed by atoms with Crippen LogP contribution in [0.25, 0.3) is 0 Å². The molecule has 0 saturated carbocycles. The Bertz CT molecular complexity index is 888. The average Bonchev–Trinajstić information content (AvgIpc) is 2.74. The number of anilines is 1. The number of benzene rings is 1. The van der Waals surface area contributed by atoms with Crippen LogP contribution in [0.15, 0.2) is 29.2 Å². The van der Waals surface area contributed by atoms with Crippen LogP contribution in [-0.4, -0.2) is 25.6 Å². The molecule has 130 valence electrons. The van der Waals surface area contributed by atoms with Crippen molar-refractivity contribution in [1.29, 1.82) is 0 Å². The Kier molecular flexibility index (Phi) is 4.98. The number of carbonyl (C=O) groups is 1. The van der Waals surface area contributed by atoms with Gasteiger partial charge in [-0.1, -0.05) is 12.1 Å². The summed E-state index contributed by atoms with van der Waals surface area (Å²) >= 11 is 0. The third kappa shape index (κ3) is 3.14. The maximum atomic E-state index is 13.8. The van der Waals surface area contributed by atoms with Gasteiger partial charge in [0.1, 0.15) is 16.3 Å². The summed E-state index contributed by atoms with van der Waals surface area (Å²) in [5.74, 6) is -1.43. The fourth-order valence-electron chi connectivity index (χ4n) is 2.43. The fourth-order valence-corrected chi connectivity index (χ4v) is 4.01. The number of rotatable bonds is 5. The predicted octanol–water partition coefficient (Wildman–Crippen LogP) is 2.76. The number of aromatic nitrogens is 1. The van der Waals surface area contributed by atoms with Crippen LogP contribution in [0.1, 0.15) is 28.7 Å². The summed E-state index contributed by atoms with van der Waals surface area (Å²) in [6.45, 7) is 4.95. The molecule has 0 unspecified atom stereocenters. The molecule has 2 aromatic rings. The third-order valence-electron chi connectivity index (χ3n) is 3.79. The van der Waals surface area contributed by atoms with Gasteiger partial charge in [0.05, 0.1) is 12.3 Å². The number of para-hydroxylation sites is 1. The van der Waals surface area contributed by atoms with E-state index in [1.165, 1.54) is 18.2 Å². The van der Waals surface area contributed by atoms with Crippen molar-refractivity contribution < 1.29 is 22.3 Å². The molecule has 0 amide bonds. The molecule has 0 spiro atoms. The molecule has 0 saturated heterocycles. The summed E-state index contributed by atoms with van der Waals surface area (Å²) in [5, 5.41) is 0. The highest BCUT2D eigenvalue weighted by molar-refractivity contribution is 7.92. The highest BCUT2D eigenvalue weighted by Gasteiger charge is 2.32. The molecule has 0 atom stereocenters. The van der Waals surface area contributed by atoms with Crippen LogP contribution in [0.3, 0.4) is 0 Å². The van der Waals surface area contributed by atoms with E-state index in [-0.39, 0.29) is 22.8 Å². The van der Waals surface area contributed by atoms with Crippen molar-refractivity contribution in [2.45, 2.75) is 25.7 Å². The summed E-state index contributed by atoms with van der Waals surface area (Å²) in [6.07, 6.45) is 0. The SMILES string of the molecule is CCOC(=O)c1c(S(=O)(=O)Nc2ccccc2F)c(C)n(C)c1C. The smallest absolute Gasteiger partial charge is 0.341 e. The number of nitrogens with zero attached hydrogens (tertiary/aromatic N) is 1. The number of esters is 1. The molecule has 8 heteroatoms. The summed E-state index contributed by atoms with van der Waals surface area (Å²) in [6, 6.07) is 5.42. The van der Waals surface area contributed by atoms with Crippen LogP contribution in [0.2, 0.25) is 0 Å². The lowest BCUT2D eigenvalue weighted by molar-refractivity contribution is 0.0521. The second-order valence-electron chi connectivity index (χ2n) is 5.24. The van der Waals surface area contributed by atoms with Gasteiger partial charge in [-0.2, -0.15) is 0 Å². The molecule has 1 N–H and O–H groups in total. The molecule has 0 aliphatic heterocycles.